The van der Waals surface area contributed by atoms with Gasteiger partial charge in [0.25, 0.3) is 6.71 Å². The Labute approximate surface area is 553 Å². The molecule has 444 valence electrons. The van der Waals surface area contributed by atoms with E-state index < -0.39 is 55.1 Å². The molecule has 3 aromatic heterocycles. The molecule has 0 unspecified atom stereocenters. The molecule has 0 spiro atoms. The number of hydrogen-bond donors (Lipinski definition) is 0. The third-order valence-electron chi connectivity index (χ3n) is 19.4. The van der Waals surface area contributed by atoms with E-state index in [9.17, 15) is 16.0 Å². The second-order valence-electron chi connectivity index (χ2n) is 27.2. The molecule has 0 aliphatic carbocycles. The number of aromatic nitrogens is 3. The van der Waals surface area contributed by atoms with Crippen LogP contribution in [0.15, 0.2) is 249 Å². The van der Waals surface area contributed by atoms with Gasteiger partial charge in [-0.2, -0.15) is 10.5 Å². The van der Waals surface area contributed by atoms with E-state index in [4.69, 9.17) is 5.48 Å². The van der Waals surface area contributed by atoms with E-state index in [1.54, 1.807) is 4.57 Å². The van der Waals surface area contributed by atoms with Gasteiger partial charge in [0, 0.05) is 66.4 Å². The average molecular weight is 1200 g/mol. The number of fused-ring (bicyclic) bond motifs is 13. The van der Waals surface area contributed by atoms with Crippen LogP contribution < -0.4 is 26.2 Å². The first-order valence-electron chi connectivity index (χ1n) is 35.8. The van der Waals surface area contributed by atoms with E-state index in [-0.39, 0.29) is 38.6 Å². The summed E-state index contributed by atoms with van der Waals surface area (Å²) in [6.07, 6.45) is 0. The maximum atomic E-state index is 12.2. The fourth-order valence-corrected chi connectivity index (χ4v) is 14.8. The maximum Gasteiger partial charge on any atom is 0.252 e. The molecule has 0 N–H and O–H groups in total. The van der Waals surface area contributed by atoms with Gasteiger partial charge in [0.05, 0.1) is 66.7 Å². The Bertz CT molecular complexity index is 6050. The van der Waals surface area contributed by atoms with Gasteiger partial charge in [0.2, 0.25) is 0 Å². The summed E-state index contributed by atoms with van der Waals surface area (Å²) < 4.78 is 80.3. The standard InChI is InChI=1S/C85H66BN7/c1-52(2)55-45-81-83-82(46-55)93(78-48-59(38-36-54(78)50-87)89-70-28-15-9-22-61(70)62-23-10-16-29-71(62)89)79-44-53(56-42-57(84(3,4)5)47-58(43-56)85(6,7)8)37-40-68(79)86(83)69-41-39-60(90-72-30-17-11-24-63(72)64-25-12-18-31-73(64)90)49-80(69)92(81)77-35-21-34-76(67(77)51-88)91-74-32-19-13-26-65(74)66-27-14-20-33-75(66)91/h9-49,52H,1-8H3/i11D,12D,17D,18D,24D,25D,30D,31D. The molecule has 2 aliphatic heterocycles. The van der Waals surface area contributed by atoms with E-state index in [2.05, 4.69) is 214 Å². The quantitative estimate of drug-likeness (QED) is 0.149. The van der Waals surface area contributed by atoms with Gasteiger partial charge in [-0.15, -0.1) is 0 Å². The number of para-hydroxylation sites is 6. The highest BCUT2D eigenvalue weighted by molar-refractivity contribution is 7.00. The van der Waals surface area contributed by atoms with Crippen LogP contribution in [0.4, 0.5) is 34.1 Å². The van der Waals surface area contributed by atoms with Gasteiger partial charge >= 0.3 is 0 Å². The number of rotatable bonds is 7. The number of hydrogen-bond acceptors (Lipinski definition) is 4. The normalized spacial score (nSPS) is 14.2. The first-order valence-corrected chi connectivity index (χ1v) is 31.8. The van der Waals surface area contributed by atoms with Crippen molar-refractivity contribution in [3.8, 4) is 40.3 Å². The van der Waals surface area contributed by atoms with E-state index in [1.165, 1.54) is 11.1 Å². The van der Waals surface area contributed by atoms with Crippen LogP contribution in [-0.2, 0) is 10.8 Å². The zero-order chi connectivity index (χ0) is 70.3. The molecule has 12 aromatic carbocycles. The van der Waals surface area contributed by atoms with Crippen molar-refractivity contribution >= 4 is 123 Å². The molecule has 0 amide bonds. The minimum absolute atomic E-state index is 0.0102. The largest absolute Gasteiger partial charge is 0.310 e. The van der Waals surface area contributed by atoms with Crippen LogP contribution >= 0.6 is 0 Å². The van der Waals surface area contributed by atoms with Gasteiger partial charge in [-0.3, -0.25) is 0 Å². The van der Waals surface area contributed by atoms with Crippen LogP contribution in [0.2, 0.25) is 0 Å². The summed E-state index contributed by atoms with van der Waals surface area (Å²) in [5.74, 6) is -0.0856. The predicted molar refractivity (Wildman–Crippen MR) is 390 cm³/mol. The van der Waals surface area contributed by atoms with Crippen molar-refractivity contribution in [1.82, 2.24) is 13.7 Å². The number of benzene rings is 12. The van der Waals surface area contributed by atoms with Gasteiger partial charge in [-0.25, -0.2) is 0 Å². The van der Waals surface area contributed by atoms with Crippen LogP contribution in [-0.4, -0.2) is 20.4 Å². The molecule has 15 aromatic rings. The highest BCUT2D eigenvalue weighted by Gasteiger charge is 2.45. The minimum Gasteiger partial charge on any atom is -0.310 e. The van der Waals surface area contributed by atoms with Crippen molar-refractivity contribution < 1.29 is 11.0 Å². The second-order valence-corrected chi connectivity index (χ2v) is 27.2. The summed E-state index contributed by atoms with van der Waals surface area (Å²) in [4.78, 5) is 4.45. The fraction of sp³-hybridized carbons (Fsp3) is 0.129. The molecule has 5 heterocycles. The third kappa shape index (κ3) is 8.41. The zero-order valence-electron chi connectivity index (χ0n) is 60.8. The molecule has 17 rings (SSSR count). The van der Waals surface area contributed by atoms with E-state index in [1.807, 2.05) is 72.8 Å². The highest BCUT2D eigenvalue weighted by atomic mass is 15.2. The Morgan fingerprint density at radius 3 is 1.38 bits per heavy atom. The summed E-state index contributed by atoms with van der Waals surface area (Å²) in [7, 11) is 0. The molecule has 2 aliphatic rings. The summed E-state index contributed by atoms with van der Waals surface area (Å²) >= 11 is 0. The fourth-order valence-electron chi connectivity index (χ4n) is 14.8. The third-order valence-corrected chi connectivity index (χ3v) is 19.4. The Hall–Kier alpha value is -11.3. The van der Waals surface area contributed by atoms with E-state index in [0.717, 1.165) is 99.4 Å². The Kier molecular flexibility index (Phi) is 10.5. The highest BCUT2D eigenvalue weighted by Crippen LogP contribution is 2.50. The smallest absolute Gasteiger partial charge is 0.252 e. The first-order chi connectivity index (χ1) is 48.5. The van der Waals surface area contributed by atoms with Crippen molar-refractivity contribution in [3.05, 3.63) is 276 Å². The molecular formula is C85H66BN7. The molecule has 0 atom stereocenters. The predicted octanol–water partition coefficient (Wildman–Crippen LogP) is 20.2. The summed E-state index contributed by atoms with van der Waals surface area (Å²) in [6.45, 7) is 17.2. The molecule has 0 radical (unpaired) electrons. The molecule has 8 heteroatoms. The minimum atomic E-state index is -0.558. The molecular weight excluding hydrogens is 1130 g/mol. The van der Waals surface area contributed by atoms with E-state index in [0.29, 0.717) is 39.6 Å². The average Bonchev–Trinajstić information content (AvgIpc) is 1.11. The lowest BCUT2D eigenvalue weighted by atomic mass is 9.33. The van der Waals surface area contributed by atoms with E-state index >= 15 is 0 Å². The molecule has 0 saturated heterocycles. The Balaban J connectivity index is 1.02. The van der Waals surface area contributed by atoms with Crippen molar-refractivity contribution in [3.63, 3.8) is 0 Å². The number of nitrogens with zero attached hydrogens (tertiary/aromatic N) is 7. The van der Waals surface area contributed by atoms with Crippen LogP contribution in [0.5, 0.6) is 0 Å². The van der Waals surface area contributed by atoms with Gasteiger partial charge in [0.1, 0.15) is 17.7 Å². The summed E-state index contributed by atoms with van der Waals surface area (Å²) in [6, 6.07) is 70.9. The monoisotopic (exact) mass is 1200 g/mol. The van der Waals surface area contributed by atoms with Crippen LogP contribution in [0, 0.1) is 22.7 Å². The Morgan fingerprint density at radius 1 is 0.387 bits per heavy atom. The van der Waals surface area contributed by atoms with Gasteiger partial charge in [-0.1, -0.05) is 207 Å². The zero-order valence-corrected chi connectivity index (χ0v) is 52.8. The molecule has 0 fully saturated rings. The van der Waals surface area contributed by atoms with Gasteiger partial charge in [0.15, 0.2) is 0 Å². The van der Waals surface area contributed by atoms with Gasteiger partial charge in [-0.05, 0) is 158 Å². The topological polar surface area (TPSA) is 68.8 Å². The van der Waals surface area contributed by atoms with Crippen LogP contribution in [0.25, 0.3) is 93.6 Å². The molecule has 0 saturated carbocycles. The maximum absolute atomic E-state index is 12.2. The van der Waals surface area contributed by atoms with Crippen LogP contribution in [0.3, 0.4) is 0 Å². The number of nitriles is 2. The van der Waals surface area contributed by atoms with Crippen molar-refractivity contribution in [2.24, 2.45) is 0 Å². The van der Waals surface area contributed by atoms with Crippen LogP contribution in [0.1, 0.15) is 100 Å². The lowest BCUT2D eigenvalue weighted by molar-refractivity contribution is 0.569. The van der Waals surface area contributed by atoms with Gasteiger partial charge < -0.3 is 23.5 Å². The lowest BCUT2D eigenvalue weighted by Crippen LogP contribution is -2.61. The molecule has 0 bridgehead atoms. The van der Waals surface area contributed by atoms with Crippen molar-refractivity contribution in [2.45, 2.75) is 72.1 Å². The first kappa shape index (κ1) is 47.6. The lowest BCUT2D eigenvalue weighted by Gasteiger charge is -2.45. The second kappa shape index (κ2) is 20.6. The summed E-state index contributed by atoms with van der Waals surface area (Å²) in [5, 5.41) is 28.1. The molecule has 7 nitrogen and oxygen atoms in total. The SMILES string of the molecule is [2H]c1c([2H])c([2H])c2c(c1[2H])c1c([2H])c([2H])c([2H])c([2H])c1n2-c1ccc2c(c1)N(c1cccc(-n3c4ccccc4c4ccccc43)c1C#N)c1cc(C(C)C)cc3c1B2c1ccc(-c2cc(C(C)(C)C)cc(C(C)(C)C)c2)cc1N3c1cc(-n2c3ccccc3c3ccccc32)ccc1C#N. The van der Waals surface area contributed by atoms with Crippen molar-refractivity contribution in [1.29, 1.82) is 10.5 Å². The Morgan fingerprint density at radius 2 is 0.849 bits per heavy atom. The van der Waals surface area contributed by atoms with Crippen molar-refractivity contribution in [2.75, 3.05) is 9.80 Å². The number of anilines is 6. The summed E-state index contributed by atoms with van der Waals surface area (Å²) in [5.41, 5.74) is 18.3. The molecule has 93 heavy (non-hydrogen) atoms.